The smallest absolute Gasteiger partial charge is 0.251 e. The standard InChI is InChI=1S/C15H13Cl3N2O/c1-8(13-3-2-10(16)7-14(13)18)20-15(21)9-4-11(17)6-12(19)5-9/h2-8H,19H2,1H3,(H,20,21). The fourth-order valence-corrected chi connectivity index (χ4v) is 2.77. The number of carbonyl (C=O) groups excluding carboxylic acids is 1. The van der Waals surface area contributed by atoms with Gasteiger partial charge in [0.25, 0.3) is 5.91 Å². The van der Waals surface area contributed by atoms with Gasteiger partial charge in [0.2, 0.25) is 0 Å². The van der Waals surface area contributed by atoms with Crippen molar-refractivity contribution >= 4 is 46.4 Å². The number of hydrogen-bond acceptors (Lipinski definition) is 2. The van der Waals surface area contributed by atoms with Crippen LogP contribution in [0.25, 0.3) is 0 Å². The van der Waals surface area contributed by atoms with Crippen LogP contribution >= 0.6 is 34.8 Å². The van der Waals surface area contributed by atoms with Crippen LogP contribution in [0.3, 0.4) is 0 Å². The molecule has 0 fully saturated rings. The van der Waals surface area contributed by atoms with Crippen LogP contribution in [0, 0.1) is 0 Å². The summed E-state index contributed by atoms with van der Waals surface area (Å²) in [6.07, 6.45) is 0. The lowest BCUT2D eigenvalue weighted by atomic mass is 10.1. The summed E-state index contributed by atoms with van der Waals surface area (Å²) in [5.41, 5.74) is 7.30. The van der Waals surface area contributed by atoms with E-state index >= 15 is 0 Å². The first-order valence-corrected chi connectivity index (χ1v) is 7.32. The average molecular weight is 344 g/mol. The first-order valence-electron chi connectivity index (χ1n) is 6.18. The molecule has 110 valence electrons. The van der Waals surface area contributed by atoms with E-state index < -0.39 is 0 Å². The van der Waals surface area contributed by atoms with Gasteiger partial charge in [0.15, 0.2) is 0 Å². The SMILES string of the molecule is CC(NC(=O)c1cc(N)cc(Cl)c1)c1ccc(Cl)cc1Cl. The third-order valence-corrected chi connectivity index (χ3v) is 3.74. The summed E-state index contributed by atoms with van der Waals surface area (Å²) in [6.45, 7) is 1.83. The molecule has 0 saturated carbocycles. The van der Waals surface area contributed by atoms with Crippen LogP contribution < -0.4 is 11.1 Å². The third-order valence-electron chi connectivity index (χ3n) is 2.96. The van der Waals surface area contributed by atoms with Crippen molar-refractivity contribution in [2.75, 3.05) is 5.73 Å². The van der Waals surface area contributed by atoms with Crippen LogP contribution in [0.2, 0.25) is 15.1 Å². The van der Waals surface area contributed by atoms with Crippen LogP contribution in [-0.2, 0) is 0 Å². The maximum Gasteiger partial charge on any atom is 0.251 e. The minimum absolute atomic E-state index is 0.275. The highest BCUT2D eigenvalue weighted by molar-refractivity contribution is 6.35. The molecule has 0 bridgehead atoms. The van der Waals surface area contributed by atoms with Gasteiger partial charge in [-0.2, -0.15) is 0 Å². The molecule has 0 aliphatic rings. The molecule has 0 radical (unpaired) electrons. The van der Waals surface area contributed by atoms with Crippen LogP contribution in [0.4, 0.5) is 5.69 Å². The third kappa shape index (κ3) is 4.03. The fourth-order valence-electron chi connectivity index (χ4n) is 1.95. The zero-order valence-corrected chi connectivity index (χ0v) is 13.4. The molecule has 3 N–H and O–H groups in total. The summed E-state index contributed by atoms with van der Waals surface area (Å²) in [5, 5.41) is 4.31. The summed E-state index contributed by atoms with van der Waals surface area (Å²) in [4.78, 5) is 12.2. The van der Waals surface area contributed by atoms with Gasteiger partial charge in [-0.25, -0.2) is 0 Å². The molecule has 0 heterocycles. The van der Waals surface area contributed by atoms with E-state index in [-0.39, 0.29) is 11.9 Å². The number of nitrogen functional groups attached to an aromatic ring is 1. The molecule has 2 rings (SSSR count). The molecule has 0 aromatic heterocycles. The number of carbonyl (C=O) groups is 1. The molecule has 0 spiro atoms. The molecule has 1 unspecified atom stereocenters. The number of halogens is 3. The average Bonchev–Trinajstić information content (AvgIpc) is 2.37. The van der Waals surface area contributed by atoms with E-state index in [2.05, 4.69) is 5.32 Å². The van der Waals surface area contributed by atoms with Crippen molar-refractivity contribution in [3.8, 4) is 0 Å². The minimum atomic E-state index is -0.275. The number of hydrogen-bond donors (Lipinski definition) is 2. The van der Waals surface area contributed by atoms with E-state index in [1.54, 1.807) is 36.4 Å². The molecule has 2 aromatic rings. The molecule has 21 heavy (non-hydrogen) atoms. The number of benzene rings is 2. The molecule has 0 aliphatic heterocycles. The van der Waals surface area contributed by atoms with E-state index in [9.17, 15) is 4.79 Å². The number of rotatable bonds is 3. The largest absolute Gasteiger partial charge is 0.399 e. The van der Waals surface area contributed by atoms with E-state index in [0.717, 1.165) is 5.56 Å². The molecule has 0 aliphatic carbocycles. The van der Waals surface area contributed by atoms with Crippen molar-refractivity contribution in [1.29, 1.82) is 0 Å². The summed E-state index contributed by atoms with van der Waals surface area (Å²) in [6, 6.07) is 9.57. The number of anilines is 1. The van der Waals surface area contributed by atoms with Crippen LogP contribution in [-0.4, -0.2) is 5.91 Å². The number of nitrogens with two attached hydrogens (primary N) is 1. The summed E-state index contributed by atoms with van der Waals surface area (Å²) in [7, 11) is 0. The van der Waals surface area contributed by atoms with Gasteiger partial charge in [-0.3, -0.25) is 4.79 Å². The molecular formula is C15H13Cl3N2O. The van der Waals surface area contributed by atoms with E-state index in [1.807, 2.05) is 6.92 Å². The highest BCUT2D eigenvalue weighted by Crippen LogP contribution is 2.26. The Labute approximate surface area is 138 Å². The molecule has 3 nitrogen and oxygen atoms in total. The zero-order valence-electron chi connectivity index (χ0n) is 11.2. The van der Waals surface area contributed by atoms with Crippen LogP contribution in [0.15, 0.2) is 36.4 Å². The molecule has 1 atom stereocenters. The first-order chi connectivity index (χ1) is 9.86. The summed E-state index contributed by atoms with van der Waals surface area (Å²) in [5.74, 6) is -0.275. The van der Waals surface area contributed by atoms with E-state index in [1.165, 1.54) is 0 Å². The Hall–Kier alpha value is -1.42. The van der Waals surface area contributed by atoms with Gasteiger partial charge in [-0.15, -0.1) is 0 Å². The predicted octanol–water partition coefficient (Wildman–Crippen LogP) is 4.72. The first kappa shape index (κ1) is 16.0. The second-order valence-electron chi connectivity index (χ2n) is 4.63. The second kappa shape index (κ2) is 6.56. The monoisotopic (exact) mass is 342 g/mol. The van der Waals surface area contributed by atoms with Gasteiger partial charge in [-0.1, -0.05) is 40.9 Å². The maximum atomic E-state index is 12.2. The van der Waals surface area contributed by atoms with Crippen molar-refractivity contribution in [2.24, 2.45) is 0 Å². The van der Waals surface area contributed by atoms with E-state index in [4.69, 9.17) is 40.5 Å². The maximum absolute atomic E-state index is 12.2. The van der Waals surface area contributed by atoms with Gasteiger partial charge in [0.1, 0.15) is 0 Å². The topological polar surface area (TPSA) is 55.1 Å². The van der Waals surface area contributed by atoms with E-state index in [0.29, 0.717) is 26.3 Å². The van der Waals surface area contributed by atoms with Crippen molar-refractivity contribution in [3.05, 3.63) is 62.6 Å². The van der Waals surface area contributed by atoms with Gasteiger partial charge >= 0.3 is 0 Å². The Bertz CT molecular complexity index is 668. The lowest BCUT2D eigenvalue weighted by Gasteiger charge is -2.16. The Morgan fingerprint density at radius 3 is 2.43 bits per heavy atom. The molecular weight excluding hydrogens is 331 g/mol. The molecule has 2 aromatic carbocycles. The normalized spacial score (nSPS) is 12.0. The Kier molecular flexibility index (Phi) is 4.99. The Morgan fingerprint density at radius 2 is 1.81 bits per heavy atom. The molecule has 1 amide bonds. The van der Waals surface area contributed by atoms with Crippen LogP contribution in [0.1, 0.15) is 28.9 Å². The van der Waals surface area contributed by atoms with Crippen LogP contribution in [0.5, 0.6) is 0 Å². The second-order valence-corrected chi connectivity index (χ2v) is 5.91. The Balaban J connectivity index is 2.18. The zero-order chi connectivity index (χ0) is 15.6. The lowest BCUT2D eigenvalue weighted by Crippen LogP contribution is -2.26. The molecule has 0 saturated heterocycles. The van der Waals surface area contributed by atoms with Gasteiger partial charge in [0, 0.05) is 26.3 Å². The van der Waals surface area contributed by atoms with Gasteiger partial charge in [-0.05, 0) is 42.8 Å². The predicted molar refractivity (Wildman–Crippen MR) is 88.2 cm³/mol. The van der Waals surface area contributed by atoms with Gasteiger partial charge < -0.3 is 11.1 Å². The summed E-state index contributed by atoms with van der Waals surface area (Å²) < 4.78 is 0. The minimum Gasteiger partial charge on any atom is -0.399 e. The quantitative estimate of drug-likeness (QED) is 0.792. The molecule has 6 heteroatoms. The highest BCUT2D eigenvalue weighted by Gasteiger charge is 2.15. The lowest BCUT2D eigenvalue weighted by molar-refractivity contribution is 0.0940. The number of amides is 1. The number of nitrogens with one attached hydrogen (secondary N) is 1. The van der Waals surface area contributed by atoms with Gasteiger partial charge in [0.05, 0.1) is 6.04 Å². The fraction of sp³-hybridized carbons (Fsp3) is 0.133. The van der Waals surface area contributed by atoms with Crippen molar-refractivity contribution in [2.45, 2.75) is 13.0 Å². The van der Waals surface area contributed by atoms with Crippen molar-refractivity contribution < 1.29 is 4.79 Å². The summed E-state index contributed by atoms with van der Waals surface area (Å²) >= 11 is 17.9. The Morgan fingerprint density at radius 1 is 1.10 bits per heavy atom. The highest BCUT2D eigenvalue weighted by atomic mass is 35.5. The van der Waals surface area contributed by atoms with Crippen molar-refractivity contribution in [1.82, 2.24) is 5.32 Å². The van der Waals surface area contributed by atoms with Crippen molar-refractivity contribution in [3.63, 3.8) is 0 Å².